The standard InChI is InChI=1S/C48H28S2/c1-2-6-32-21-35(14-13-29(32)5-1)30-9-11-31(12-10-30)36-15-16-38-23-39(18-17-37(38)22-36)40-19-20-41-26-44-46(28-42(41)24-40)50-47-43-25-33-7-3-4-8-34(33)27-45(43)49-48(44)47/h1-28H. The summed E-state index contributed by atoms with van der Waals surface area (Å²) in [6, 6.07) is 63.1. The van der Waals surface area contributed by atoms with Crippen LogP contribution in [0.25, 0.3) is 106 Å². The molecule has 11 rings (SSSR count). The predicted octanol–water partition coefficient (Wildman–Crippen LogP) is 14.9. The fraction of sp³-hybridized carbons (Fsp3) is 0. The summed E-state index contributed by atoms with van der Waals surface area (Å²) in [5.41, 5.74) is 7.46. The minimum Gasteiger partial charge on any atom is -0.134 e. The van der Waals surface area contributed by atoms with Crippen molar-refractivity contribution >= 4 is 95.3 Å². The SMILES string of the molecule is c1ccc2cc(-c3ccc(-c4ccc5cc(-c6ccc7cc8c(cc7c6)sc6c7cc9ccccc9cc7sc86)ccc5c4)cc3)ccc2c1. The Balaban J connectivity index is 0.913. The molecule has 0 aliphatic carbocycles. The fourth-order valence-corrected chi connectivity index (χ4v) is 10.4. The Morgan fingerprint density at radius 2 is 0.560 bits per heavy atom. The van der Waals surface area contributed by atoms with E-state index in [4.69, 9.17) is 0 Å². The first-order valence-electron chi connectivity index (χ1n) is 17.1. The molecule has 2 heteroatoms. The van der Waals surface area contributed by atoms with E-state index in [1.165, 1.54) is 106 Å². The van der Waals surface area contributed by atoms with Crippen LogP contribution in [0.2, 0.25) is 0 Å². The maximum Gasteiger partial charge on any atom is 0.0542 e. The van der Waals surface area contributed by atoms with Gasteiger partial charge in [0.1, 0.15) is 0 Å². The van der Waals surface area contributed by atoms with E-state index >= 15 is 0 Å². The Bertz CT molecular complexity index is 3140. The van der Waals surface area contributed by atoms with Gasteiger partial charge in [0.05, 0.1) is 9.40 Å². The van der Waals surface area contributed by atoms with Crippen LogP contribution in [0.1, 0.15) is 0 Å². The number of hydrogen-bond acceptors (Lipinski definition) is 2. The quantitative estimate of drug-likeness (QED) is 0.176. The highest BCUT2D eigenvalue weighted by molar-refractivity contribution is 7.36. The van der Waals surface area contributed by atoms with E-state index in [1.54, 1.807) is 0 Å². The Hall–Kier alpha value is -5.80. The summed E-state index contributed by atoms with van der Waals surface area (Å²) in [7, 11) is 0. The van der Waals surface area contributed by atoms with Crippen molar-refractivity contribution in [1.29, 1.82) is 0 Å². The van der Waals surface area contributed by atoms with Gasteiger partial charge < -0.3 is 0 Å². The van der Waals surface area contributed by atoms with E-state index in [1.807, 2.05) is 22.7 Å². The van der Waals surface area contributed by atoms with Crippen LogP contribution in [0.3, 0.4) is 0 Å². The van der Waals surface area contributed by atoms with Gasteiger partial charge in [0.15, 0.2) is 0 Å². The summed E-state index contributed by atoms with van der Waals surface area (Å²) in [5.74, 6) is 0. The zero-order valence-electron chi connectivity index (χ0n) is 27.0. The van der Waals surface area contributed by atoms with Crippen LogP contribution in [0.5, 0.6) is 0 Å². The van der Waals surface area contributed by atoms with Crippen LogP contribution in [0.4, 0.5) is 0 Å². The molecule has 0 radical (unpaired) electrons. The number of benzene rings is 9. The lowest BCUT2D eigenvalue weighted by atomic mass is 9.95. The first kappa shape index (κ1) is 28.1. The molecule has 0 unspecified atom stereocenters. The van der Waals surface area contributed by atoms with Crippen molar-refractivity contribution in [1.82, 2.24) is 0 Å². The predicted molar refractivity (Wildman–Crippen MR) is 221 cm³/mol. The second kappa shape index (κ2) is 10.9. The lowest BCUT2D eigenvalue weighted by molar-refractivity contribution is 1.61. The van der Waals surface area contributed by atoms with Crippen LogP contribution < -0.4 is 0 Å². The second-order valence-electron chi connectivity index (χ2n) is 13.4. The van der Waals surface area contributed by atoms with Gasteiger partial charge in [-0.15, -0.1) is 22.7 Å². The molecule has 0 N–H and O–H groups in total. The van der Waals surface area contributed by atoms with Gasteiger partial charge in [-0.3, -0.25) is 0 Å². The normalized spacial score (nSPS) is 12.0. The maximum atomic E-state index is 2.40. The van der Waals surface area contributed by atoms with E-state index in [9.17, 15) is 0 Å². The maximum absolute atomic E-state index is 2.40. The number of thiophene rings is 2. The summed E-state index contributed by atoms with van der Waals surface area (Å²) < 4.78 is 5.56. The molecule has 0 amide bonds. The molecule has 0 saturated heterocycles. The first-order chi connectivity index (χ1) is 24.7. The Morgan fingerprint density at radius 1 is 0.240 bits per heavy atom. The largest absolute Gasteiger partial charge is 0.134 e. The smallest absolute Gasteiger partial charge is 0.0542 e. The van der Waals surface area contributed by atoms with E-state index in [0.717, 1.165) is 0 Å². The van der Waals surface area contributed by atoms with Gasteiger partial charge in [-0.1, -0.05) is 121 Å². The average Bonchev–Trinajstić information content (AvgIpc) is 3.70. The minimum atomic E-state index is 1.23. The highest BCUT2D eigenvalue weighted by atomic mass is 32.1. The van der Waals surface area contributed by atoms with Gasteiger partial charge in [-0.05, 0) is 125 Å². The van der Waals surface area contributed by atoms with Crippen LogP contribution in [-0.4, -0.2) is 0 Å². The van der Waals surface area contributed by atoms with Gasteiger partial charge in [-0.2, -0.15) is 0 Å². The third-order valence-corrected chi connectivity index (χ3v) is 12.9. The molecule has 50 heavy (non-hydrogen) atoms. The zero-order valence-corrected chi connectivity index (χ0v) is 28.6. The van der Waals surface area contributed by atoms with Crippen LogP contribution in [0, 0.1) is 0 Å². The first-order valence-corrected chi connectivity index (χ1v) is 18.7. The van der Waals surface area contributed by atoms with Gasteiger partial charge >= 0.3 is 0 Å². The number of hydrogen-bond donors (Lipinski definition) is 0. The topological polar surface area (TPSA) is 0 Å². The van der Waals surface area contributed by atoms with E-state index < -0.39 is 0 Å². The van der Waals surface area contributed by atoms with Gasteiger partial charge in [-0.25, -0.2) is 0 Å². The monoisotopic (exact) mass is 668 g/mol. The molecule has 0 atom stereocenters. The second-order valence-corrected chi connectivity index (χ2v) is 15.5. The summed E-state index contributed by atoms with van der Waals surface area (Å²) in [6.07, 6.45) is 0. The van der Waals surface area contributed by atoms with Crippen molar-refractivity contribution < 1.29 is 0 Å². The van der Waals surface area contributed by atoms with Gasteiger partial charge in [0.2, 0.25) is 0 Å². The molecule has 11 aromatic rings. The fourth-order valence-electron chi connectivity index (χ4n) is 7.70. The zero-order chi connectivity index (χ0) is 32.8. The highest BCUT2D eigenvalue weighted by Gasteiger charge is 2.14. The molecular formula is C48H28S2. The summed E-state index contributed by atoms with van der Waals surface area (Å²) in [6.45, 7) is 0. The third kappa shape index (κ3) is 4.50. The van der Waals surface area contributed by atoms with E-state index in [0.29, 0.717) is 0 Å². The molecule has 0 aliphatic rings. The van der Waals surface area contributed by atoms with E-state index in [-0.39, 0.29) is 0 Å². The molecule has 0 fully saturated rings. The van der Waals surface area contributed by atoms with Crippen LogP contribution >= 0.6 is 22.7 Å². The molecular weight excluding hydrogens is 641 g/mol. The Kier molecular flexibility index (Phi) is 6.09. The van der Waals surface area contributed by atoms with Gasteiger partial charge in [0.25, 0.3) is 0 Å². The molecule has 2 heterocycles. The Labute approximate surface area is 297 Å². The molecule has 0 spiro atoms. The van der Waals surface area contributed by atoms with Crippen molar-refractivity contribution in [2.24, 2.45) is 0 Å². The van der Waals surface area contributed by atoms with Crippen molar-refractivity contribution in [2.75, 3.05) is 0 Å². The molecule has 9 aromatic carbocycles. The molecule has 0 saturated carbocycles. The molecule has 0 aliphatic heterocycles. The van der Waals surface area contributed by atoms with Crippen LogP contribution in [0.15, 0.2) is 170 Å². The lowest BCUT2D eigenvalue weighted by Crippen LogP contribution is -1.84. The molecule has 2 aromatic heterocycles. The van der Waals surface area contributed by atoms with Crippen molar-refractivity contribution in [3.8, 4) is 33.4 Å². The van der Waals surface area contributed by atoms with E-state index in [2.05, 4.69) is 170 Å². The van der Waals surface area contributed by atoms with Crippen LogP contribution in [-0.2, 0) is 0 Å². The molecule has 232 valence electrons. The Morgan fingerprint density at radius 3 is 1.08 bits per heavy atom. The van der Waals surface area contributed by atoms with Crippen molar-refractivity contribution in [3.05, 3.63) is 170 Å². The lowest BCUT2D eigenvalue weighted by Gasteiger charge is -2.09. The molecule has 0 bridgehead atoms. The third-order valence-electron chi connectivity index (χ3n) is 10.4. The average molecular weight is 669 g/mol. The van der Waals surface area contributed by atoms with Crippen molar-refractivity contribution in [2.45, 2.75) is 0 Å². The summed E-state index contributed by atoms with van der Waals surface area (Å²) in [4.78, 5) is 0. The van der Waals surface area contributed by atoms with Crippen molar-refractivity contribution in [3.63, 3.8) is 0 Å². The summed E-state index contributed by atoms with van der Waals surface area (Å²) >= 11 is 3.87. The number of rotatable bonds is 3. The van der Waals surface area contributed by atoms with Gasteiger partial charge in [0, 0.05) is 20.2 Å². The highest BCUT2D eigenvalue weighted by Crippen LogP contribution is 2.46. The minimum absolute atomic E-state index is 1.23. The summed E-state index contributed by atoms with van der Waals surface area (Å²) in [5, 5.41) is 13.0. The number of fused-ring (bicyclic) bond motifs is 9. The molecule has 0 nitrogen and oxygen atoms in total.